The third kappa shape index (κ3) is 1.35. The molecule has 0 amide bonds. The molecule has 5 nitrogen and oxygen atoms in total. The maximum absolute atomic E-state index is 5.69. The van der Waals surface area contributed by atoms with Gasteiger partial charge in [-0.2, -0.15) is 15.4 Å². The van der Waals surface area contributed by atoms with Gasteiger partial charge in [0.25, 0.3) is 0 Å². The smallest absolute Gasteiger partial charge is 0.132 e. The first-order valence-electron chi connectivity index (χ1n) is 3.85. The third-order valence-electron chi connectivity index (χ3n) is 1.75. The Labute approximate surface area is 75.0 Å². The molecule has 0 saturated heterocycles. The van der Waals surface area contributed by atoms with E-state index in [2.05, 4.69) is 20.4 Å². The van der Waals surface area contributed by atoms with Gasteiger partial charge in [-0.15, -0.1) is 0 Å². The summed E-state index contributed by atoms with van der Waals surface area (Å²) in [5.74, 6) is 0.472. The predicted molar refractivity (Wildman–Crippen MR) is 48.8 cm³/mol. The Morgan fingerprint density at radius 2 is 2.23 bits per heavy atom. The molecule has 2 aromatic heterocycles. The number of rotatable bonds is 1. The van der Waals surface area contributed by atoms with Crippen LogP contribution in [-0.2, 0) is 0 Å². The molecule has 2 heterocycles. The Balaban J connectivity index is 2.57. The van der Waals surface area contributed by atoms with Crippen LogP contribution in [0.5, 0.6) is 0 Å². The third-order valence-corrected chi connectivity index (χ3v) is 1.75. The van der Waals surface area contributed by atoms with Crippen molar-refractivity contribution < 1.29 is 0 Å². The molecular weight excluding hydrogens is 166 g/mol. The summed E-state index contributed by atoms with van der Waals surface area (Å²) in [5, 5.41) is 10.2. The number of aryl methyl sites for hydroxylation is 1. The van der Waals surface area contributed by atoms with Crippen molar-refractivity contribution in [3.05, 3.63) is 24.0 Å². The number of anilines is 1. The molecule has 2 rings (SSSR count). The topological polar surface area (TPSA) is 80.5 Å². The van der Waals surface area contributed by atoms with Crippen LogP contribution < -0.4 is 5.73 Å². The molecule has 0 spiro atoms. The molecule has 5 heteroatoms. The molecule has 0 unspecified atom stereocenters. The van der Waals surface area contributed by atoms with Gasteiger partial charge in [-0.05, 0) is 18.6 Å². The molecule has 2 aromatic rings. The Morgan fingerprint density at radius 1 is 1.38 bits per heavy atom. The molecule has 0 bridgehead atoms. The number of nitrogens with zero attached hydrogens (tertiary/aromatic N) is 3. The van der Waals surface area contributed by atoms with Gasteiger partial charge in [0.15, 0.2) is 0 Å². The average Bonchev–Trinajstić information content (AvgIpc) is 2.61. The summed E-state index contributed by atoms with van der Waals surface area (Å²) in [5.41, 5.74) is 8.27. The van der Waals surface area contributed by atoms with E-state index < -0.39 is 0 Å². The van der Waals surface area contributed by atoms with Gasteiger partial charge in [0, 0.05) is 11.8 Å². The van der Waals surface area contributed by atoms with Gasteiger partial charge < -0.3 is 5.73 Å². The quantitative estimate of drug-likeness (QED) is 0.670. The van der Waals surface area contributed by atoms with E-state index in [-0.39, 0.29) is 0 Å². The normalized spacial score (nSPS) is 10.2. The highest BCUT2D eigenvalue weighted by Crippen LogP contribution is 2.21. The van der Waals surface area contributed by atoms with Crippen molar-refractivity contribution in [2.45, 2.75) is 6.92 Å². The highest BCUT2D eigenvalue weighted by Gasteiger charge is 2.05. The standard InChI is InChI=1S/C8H9N5/c1-5-2-6(8(9)10-3-5)7-4-11-13-12-7/h2-4H,1H3,(H2,9,10)(H,11,12,13). The number of aromatic nitrogens is 4. The molecule has 0 aromatic carbocycles. The van der Waals surface area contributed by atoms with E-state index in [9.17, 15) is 0 Å². The summed E-state index contributed by atoms with van der Waals surface area (Å²) in [6.07, 6.45) is 3.34. The van der Waals surface area contributed by atoms with E-state index in [1.165, 1.54) is 0 Å². The lowest BCUT2D eigenvalue weighted by atomic mass is 10.1. The second kappa shape index (κ2) is 2.85. The van der Waals surface area contributed by atoms with Crippen molar-refractivity contribution >= 4 is 5.82 Å². The molecule has 3 N–H and O–H groups in total. The molecule has 0 aliphatic heterocycles. The second-order valence-corrected chi connectivity index (χ2v) is 2.80. The molecule has 0 aliphatic rings. The average molecular weight is 175 g/mol. The summed E-state index contributed by atoms with van der Waals surface area (Å²) in [7, 11) is 0. The van der Waals surface area contributed by atoms with Crippen LogP contribution in [0.1, 0.15) is 5.56 Å². The number of nitrogen functional groups attached to an aromatic ring is 1. The zero-order valence-electron chi connectivity index (χ0n) is 7.15. The van der Waals surface area contributed by atoms with Crippen molar-refractivity contribution in [3.63, 3.8) is 0 Å². The summed E-state index contributed by atoms with van der Waals surface area (Å²) < 4.78 is 0. The lowest BCUT2D eigenvalue weighted by Gasteiger charge is -2.00. The van der Waals surface area contributed by atoms with Gasteiger partial charge in [-0.3, -0.25) is 0 Å². The van der Waals surface area contributed by atoms with E-state index in [0.717, 1.165) is 11.1 Å². The van der Waals surface area contributed by atoms with Crippen LogP contribution in [0.3, 0.4) is 0 Å². The summed E-state index contributed by atoms with van der Waals surface area (Å²) in [6, 6.07) is 1.93. The van der Waals surface area contributed by atoms with E-state index in [4.69, 9.17) is 5.73 Å². The first kappa shape index (κ1) is 7.72. The molecule has 0 saturated carbocycles. The Kier molecular flexibility index (Phi) is 1.70. The fourth-order valence-electron chi connectivity index (χ4n) is 1.12. The number of hydrogen-bond acceptors (Lipinski definition) is 4. The number of H-pyrrole nitrogens is 1. The second-order valence-electron chi connectivity index (χ2n) is 2.80. The van der Waals surface area contributed by atoms with Crippen molar-refractivity contribution in [2.75, 3.05) is 5.73 Å². The zero-order chi connectivity index (χ0) is 9.26. The van der Waals surface area contributed by atoms with Gasteiger partial charge in [-0.25, -0.2) is 4.98 Å². The van der Waals surface area contributed by atoms with Crippen molar-refractivity contribution in [1.29, 1.82) is 0 Å². The minimum absolute atomic E-state index is 0.472. The first-order chi connectivity index (χ1) is 6.27. The predicted octanol–water partition coefficient (Wildman–Crippen LogP) is 0.757. The van der Waals surface area contributed by atoms with Gasteiger partial charge in [-0.1, -0.05) is 0 Å². The lowest BCUT2D eigenvalue weighted by Crippen LogP contribution is -1.94. The van der Waals surface area contributed by atoms with Crippen LogP contribution in [0.4, 0.5) is 5.82 Å². The van der Waals surface area contributed by atoms with Crippen LogP contribution in [-0.4, -0.2) is 20.4 Å². The van der Waals surface area contributed by atoms with Crippen LogP contribution in [0.15, 0.2) is 18.5 Å². The maximum atomic E-state index is 5.69. The molecule has 13 heavy (non-hydrogen) atoms. The molecular formula is C8H9N5. The summed E-state index contributed by atoms with van der Waals surface area (Å²) in [4.78, 5) is 4.03. The highest BCUT2D eigenvalue weighted by atomic mass is 15.3. The largest absolute Gasteiger partial charge is 0.383 e. The fourth-order valence-corrected chi connectivity index (χ4v) is 1.12. The minimum Gasteiger partial charge on any atom is -0.383 e. The maximum Gasteiger partial charge on any atom is 0.132 e. The minimum atomic E-state index is 0.472. The number of aromatic amines is 1. The number of hydrogen-bond donors (Lipinski definition) is 2. The molecule has 0 aliphatic carbocycles. The highest BCUT2D eigenvalue weighted by molar-refractivity contribution is 5.70. The number of pyridine rings is 1. The molecule has 0 radical (unpaired) electrons. The zero-order valence-corrected chi connectivity index (χ0v) is 7.15. The van der Waals surface area contributed by atoms with Gasteiger partial charge in [0.05, 0.1) is 6.20 Å². The number of nitrogens with one attached hydrogen (secondary N) is 1. The first-order valence-corrected chi connectivity index (χ1v) is 3.85. The molecule has 0 fully saturated rings. The van der Waals surface area contributed by atoms with E-state index in [0.29, 0.717) is 11.5 Å². The SMILES string of the molecule is Cc1cnc(N)c(-c2cn[nH]n2)c1. The fraction of sp³-hybridized carbons (Fsp3) is 0.125. The Morgan fingerprint density at radius 3 is 2.92 bits per heavy atom. The Hall–Kier alpha value is -1.91. The Bertz CT molecular complexity index is 406. The summed E-state index contributed by atoms with van der Waals surface area (Å²) in [6.45, 7) is 1.95. The lowest BCUT2D eigenvalue weighted by molar-refractivity contribution is 0.942. The van der Waals surface area contributed by atoms with Gasteiger partial charge in [0.2, 0.25) is 0 Å². The summed E-state index contributed by atoms with van der Waals surface area (Å²) >= 11 is 0. The molecule has 0 atom stereocenters. The van der Waals surface area contributed by atoms with E-state index >= 15 is 0 Å². The monoisotopic (exact) mass is 175 g/mol. The number of nitrogens with two attached hydrogens (primary N) is 1. The van der Waals surface area contributed by atoms with Crippen LogP contribution in [0.2, 0.25) is 0 Å². The van der Waals surface area contributed by atoms with Gasteiger partial charge in [0.1, 0.15) is 11.5 Å². The van der Waals surface area contributed by atoms with Crippen LogP contribution in [0, 0.1) is 6.92 Å². The van der Waals surface area contributed by atoms with Crippen molar-refractivity contribution in [2.24, 2.45) is 0 Å². The van der Waals surface area contributed by atoms with Crippen molar-refractivity contribution in [1.82, 2.24) is 20.4 Å². The molecule has 66 valence electrons. The van der Waals surface area contributed by atoms with Gasteiger partial charge >= 0.3 is 0 Å². The van der Waals surface area contributed by atoms with E-state index in [1.54, 1.807) is 12.4 Å². The van der Waals surface area contributed by atoms with Crippen molar-refractivity contribution in [3.8, 4) is 11.3 Å². The van der Waals surface area contributed by atoms with Crippen LogP contribution in [0.25, 0.3) is 11.3 Å². The van der Waals surface area contributed by atoms with E-state index in [1.807, 2.05) is 13.0 Å². The van der Waals surface area contributed by atoms with Crippen LogP contribution >= 0.6 is 0 Å².